The molecule has 4 heteroatoms. The van der Waals surface area contributed by atoms with E-state index in [9.17, 15) is 0 Å². The number of rotatable bonds is 8. The van der Waals surface area contributed by atoms with Crippen molar-refractivity contribution in [1.29, 1.82) is 0 Å². The van der Waals surface area contributed by atoms with Gasteiger partial charge in [0.1, 0.15) is 0 Å². The number of hydrazone groups is 1. The van der Waals surface area contributed by atoms with Crippen molar-refractivity contribution in [3.8, 4) is 0 Å². The van der Waals surface area contributed by atoms with Crippen LogP contribution in [0, 0.1) is 0 Å². The zero-order valence-corrected chi connectivity index (χ0v) is 10.6. The molecule has 4 N–H and O–H groups in total. The number of nitrogens with two attached hydrogens (primary N) is 1. The Labute approximate surface area is 108 Å². The summed E-state index contributed by atoms with van der Waals surface area (Å²) in [7, 11) is 0. The van der Waals surface area contributed by atoms with Gasteiger partial charge in [0.25, 0.3) is 0 Å². The normalized spacial score (nSPS) is 18.1. The third kappa shape index (κ3) is 4.36. The lowest BCUT2D eigenvalue weighted by molar-refractivity contribution is 0.683. The average Bonchev–Trinajstić information content (AvgIpc) is 3.23. The molecule has 0 spiro atoms. The lowest BCUT2D eigenvalue weighted by Gasteiger charge is -2.08. The SMILES string of the molecule is NCCCN/N=C(/CNC1CC1)C1=C=C=CC=C1. The molecule has 0 bridgehead atoms. The fourth-order valence-electron chi connectivity index (χ4n) is 1.58. The Morgan fingerprint density at radius 1 is 1.50 bits per heavy atom. The van der Waals surface area contributed by atoms with Crippen molar-refractivity contribution in [2.24, 2.45) is 10.8 Å². The Bertz CT molecular complexity index is 431. The molecule has 96 valence electrons. The zero-order valence-electron chi connectivity index (χ0n) is 10.6. The Morgan fingerprint density at radius 3 is 3.06 bits per heavy atom. The van der Waals surface area contributed by atoms with Gasteiger partial charge in [-0.25, -0.2) is 0 Å². The van der Waals surface area contributed by atoms with Crippen LogP contribution < -0.4 is 16.5 Å². The molecule has 0 aromatic carbocycles. The third-order valence-corrected chi connectivity index (χ3v) is 2.80. The van der Waals surface area contributed by atoms with Crippen LogP contribution >= 0.6 is 0 Å². The average molecular weight is 244 g/mol. The van der Waals surface area contributed by atoms with E-state index in [1.54, 1.807) is 0 Å². The van der Waals surface area contributed by atoms with Gasteiger partial charge in [-0.1, -0.05) is 17.5 Å². The molecular formula is C14H20N4. The predicted octanol–water partition coefficient (Wildman–Crippen LogP) is 0.839. The van der Waals surface area contributed by atoms with E-state index in [1.165, 1.54) is 12.8 Å². The molecule has 2 aliphatic carbocycles. The highest BCUT2D eigenvalue weighted by Gasteiger charge is 2.21. The first kappa shape index (κ1) is 12.9. The van der Waals surface area contributed by atoms with E-state index in [-0.39, 0.29) is 0 Å². The number of nitrogens with zero attached hydrogens (tertiary/aromatic N) is 1. The van der Waals surface area contributed by atoms with Gasteiger partial charge in [0.15, 0.2) is 0 Å². The van der Waals surface area contributed by atoms with Gasteiger partial charge in [0, 0.05) is 24.7 Å². The lowest BCUT2D eigenvalue weighted by Crippen LogP contribution is -2.28. The molecule has 0 heterocycles. The second kappa shape index (κ2) is 7.00. The predicted molar refractivity (Wildman–Crippen MR) is 74.4 cm³/mol. The first-order valence-corrected chi connectivity index (χ1v) is 6.52. The van der Waals surface area contributed by atoms with E-state index in [2.05, 4.69) is 27.3 Å². The van der Waals surface area contributed by atoms with Gasteiger partial charge in [-0.15, -0.1) is 0 Å². The van der Waals surface area contributed by atoms with Gasteiger partial charge >= 0.3 is 0 Å². The number of hydrogen-bond donors (Lipinski definition) is 3. The first-order valence-electron chi connectivity index (χ1n) is 6.52. The summed E-state index contributed by atoms with van der Waals surface area (Å²) in [5.74, 6) is 0. The molecule has 0 aliphatic heterocycles. The van der Waals surface area contributed by atoms with Crippen LogP contribution in [0.25, 0.3) is 0 Å². The summed E-state index contributed by atoms with van der Waals surface area (Å²) >= 11 is 0. The summed E-state index contributed by atoms with van der Waals surface area (Å²) in [5, 5.41) is 7.90. The Morgan fingerprint density at radius 2 is 2.39 bits per heavy atom. The van der Waals surface area contributed by atoms with Crippen LogP contribution in [0.5, 0.6) is 0 Å². The second-order valence-electron chi connectivity index (χ2n) is 4.47. The molecule has 18 heavy (non-hydrogen) atoms. The summed E-state index contributed by atoms with van der Waals surface area (Å²) in [6.07, 6.45) is 9.29. The van der Waals surface area contributed by atoms with Crippen LogP contribution in [0.1, 0.15) is 19.3 Å². The van der Waals surface area contributed by atoms with Crippen LogP contribution in [0.2, 0.25) is 0 Å². The molecule has 4 nitrogen and oxygen atoms in total. The maximum absolute atomic E-state index is 5.45. The molecule has 2 rings (SSSR count). The van der Waals surface area contributed by atoms with Gasteiger partial charge in [-0.2, -0.15) is 5.10 Å². The highest BCUT2D eigenvalue weighted by Crippen LogP contribution is 2.18. The fraction of sp³-hybridized carbons (Fsp3) is 0.500. The van der Waals surface area contributed by atoms with E-state index in [4.69, 9.17) is 5.73 Å². The maximum Gasteiger partial charge on any atom is 0.0897 e. The molecule has 1 saturated carbocycles. The van der Waals surface area contributed by atoms with Gasteiger partial charge in [-0.05, 0) is 38.0 Å². The summed E-state index contributed by atoms with van der Waals surface area (Å²) in [6.45, 7) is 2.26. The molecule has 0 unspecified atom stereocenters. The summed E-state index contributed by atoms with van der Waals surface area (Å²) < 4.78 is 0. The van der Waals surface area contributed by atoms with Crippen molar-refractivity contribution >= 4 is 5.71 Å². The van der Waals surface area contributed by atoms with Crippen molar-refractivity contribution in [3.63, 3.8) is 0 Å². The summed E-state index contributed by atoms with van der Waals surface area (Å²) in [6, 6.07) is 0.673. The standard InChI is InChI=1S/C14H20N4/c15-9-4-10-17-18-14(11-16-13-7-8-13)12-5-2-1-3-6-12/h1-2,5,13,16-17H,4,7-11,15H2/b18-14-. The van der Waals surface area contributed by atoms with Crippen molar-refractivity contribution < 1.29 is 0 Å². The van der Waals surface area contributed by atoms with E-state index in [0.29, 0.717) is 12.6 Å². The minimum Gasteiger partial charge on any atom is -0.330 e. The van der Waals surface area contributed by atoms with Crippen molar-refractivity contribution in [3.05, 3.63) is 35.3 Å². The fourth-order valence-corrected chi connectivity index (χ4v) is 1.58. The van der Waals surface area contributed by atoms with Crippen LogP contribution in [0.3, 0.4) is 0 Å². The number of allylic oxidation sites excluding steroid dienone is 3. The van der Waals surface area contributed by atoms with E-state index < -0.39 is 0 Å². The topological polar surface area (TPSA) is 62.4 Å². The largest absolute Gasteiger partial charge is 0.330 e. The van der Waals surface area contributed by atoms with E-state index in [0.717, 1.165) is 30.8 Å². The highest BCUT2D eigenvalue weighted by atomic mass is 15.3. The molecule has 1 fully saturated rings. The van der Waals surface area contributed by atoms with Gasteiger partial charge in [0.2, 0.25) is 0 Å². The Kier molecular flexibility index (Phi) is 5.00. The Balaban J connectivity index is 1.94. The number of hydrogen-bond acceptors (Lipinski definition) is 4. The minimum absolute atomic E-state index is 0.673. The lowest BCUT2D eigenvalue weighted by atomic mass is 10.1. The van der Waals surface area contributed by atoms with Crippen molar-refractivity contribution in [2.75, 3.05) is 19.6 Å². The molecule has 0 aromatic heterocycles. The van der Waals surface area contributed by atoms with Gasteiger partial charge in [0.05, 0.1) is 5.71 Å². The molecule has 2 aliphatic rings. The second-order valence-corrected chi connectivity index (χ2v) is 4.47. The van der Waals surface area contributed by atoms with E-state index in [1.807, 2.05) is 18.2 Å². The molecule has 0 radical (unpaired) electrons. The number of nitrogens with one attached hydrogen (secondary N) is 2. The molecule has 0 amide bonds. The smallest absolute Gasteiger partial charge is 0.0897 e. The van der Waals surface area contributed by atoms with Crippen molar-refractivity contribution in [2.45, 2.75) is 25.3 Å². The maximum atomic E-state index is 5.45. The van der Waals surface area contributed by atoms with Crippen LogP contribution in [0.4, 0.5) is 0 Å². The minimum atomic E-state index is 0.673. The van der Waals surface area contributed by atoms with Crippen molar-refractivity contribution in [1.82, 2.24) is 10.7 Å². The summed E-state index contributed by atoms with van der Waals surface area (Å²) in [5.41, 5.74) is 16.5. The van der Waals surface area contributed by atoms with Crippen LogP contribution in [-0.2, 0) is 0 Å². The van der Waals surface area contributed by atoms with Gasteiger partial charge < -0.3 is 16.5 Å². The highest BCUT2D eigenvalue weighted by molar-refractivity contribution is 6.03. The summed E-state index contributed by atoms with van der Waals surface area (Å²) in [4.78, 5) is 0. The quantitative estimate of drug-likeness (QED) is 0.257. The molecule has 0 atom stereocenters. The van der Waals surface area contributed by atoms with Crippen LogP contribution in [-0.4, -0.2) is 31.4 Å². The van der Waals surface area contributed by atoms with E-state index >= 15 is 0 Å². The molecule has 0 saturated heterocycles. The van der Waals surface area contributed by atoms with Crippen LogP contribution in [0.15, 0.2) is 40.4 Å². The molecule has 0 aromatic rings. The molecular weight excluding hydrogens is 224 g/mol. The first-order chi connectivity index (χ1) is 8.90. The Hall–Kier alpha value is -1.57. The third-order valence-electron chi connectivity index (χ3n) is 2.80. The monoisotopic (exact) mass is 244 g/mol. The van der Waals surface area contributed by atoms with Gasteiger partial charge in [-0.3, -0.25) is 0 Å². The zero-order chi connectivity index (χ0) is 12.6.